The molecule has 7 heteroatoms. The zero-order valence-corrected chi connectivity index (χ0v) is 14.7. The predicted molar refractivity (Wildman–Crippen MR) is 92.7 cm³/mol. The van der Waals surface area contributed by atoms with E-state index in [1.807, 2.05) is 33.2 Å². The van der Waals surface area contributed by atoms with Crippen molar-refractivity contribution in [2.45, 2.75) is 30.0 Å². The Morgan fingerprint density at radius 3 is 2.96 bits per heavy atom. The van der Waals surface area contributed by atoms with Crippen LogP contribution in [0.5, 0.6) is 0 Å². The highest BCUT2D eigenvalue weighted by Crippen LogP contribution is 2.38. The number of nitrogens with one attached hydrogen (secondary N) is 1. The normalized spacial score (nSPS) is 17.3. The number of pyridine rings is 1. The van der Waals surface area contributed by atoms with Crippen molar-refractivity contribution < 1.29 is 9.59 Å². The van der Waals surface area contributed by atoms with Crippen molar-refractivity contribution in [3.63, 3.8) is 0 Å². The first-order valence-electron chi connectivity index (χ1n) is 7.87. The van der Waals surface area contributed by atoms with E-state index >= 15 is 0 Å². The maximum Gasteiger partial charge on any atom is 0.241 e. The molecule has 1 aliphatic rings. The molecule has 0 fully saturated rings. The SMILES string of the molecule is CCN1C(=O)C(CC(=O)NCCCN(C)C)Sc2ncccc21. The highest BCUT2D eigenvalue weighted by Gasteiger charge is 2.34. The molecule has 0 aromatic carbocycles. The number of amides is 2. The van der Waals surface area contributed by atoms with Crippen LogP contribution in [0.1, 0.15) is 19.8 Å². The number of carbonyl (C=O) groups excluding carboxylic acids is 2. The average molecular weight is 336 g/mol. The minimum atomic E-state index is -0.397. The Morgan fingerprint density at radius 2 is 2.26 bits per heavy atom. The number of fused-ring (bicyclic) bond motifs is 1. The van der Waals surface area contributed by atoms with Gasteiger partial charge >= 0.3 is 0 Å². The molecule has 6 nitrogen and oxygen atoms in total. The van der Waals surface area contributed by atoms with Gasteiger partial charge in [-0.1, -0.05) is 11.8 Å². The lowest BCUT2D eigenvalue weighted by Crippen LogP contribution is -2.43. The van der Waals surface area contributed by atoms with Crippen LogP contribution in [0.4, 0.5) is 5.69 Å². The van der Waals surface area contributed by atoms with Gasteiger partial charge in [0.15, 0.2) is 0 Å². The minimum Gasteiger partial charge on any atom is -0.356 e. The van der Waals surface area contributed by atoms with Crippen LogP contribution in [0.15, 0.2) is 23.4 Å². The molecule has 126 valence electrons. The van der Waals surface area contributed by atoms with E-state index in [1.165, 1.54) is 11.8 Å². The molecule has 0 saturated carbocycles. The molecule has 1 aromatic rings. The summed E-state index contributed by atoms with van der Waals surface area (Å²) in [5.41, 5.74) is 0.840. The minimum absolute atomic E-state index is 0.0126. The Kier molecular flexibility index (Phi) is 6.41. The van der Waals surface area contributed by atoms with Crippen LogP contribution in [0, 0.1) is 0 Å². The number of thioether (sulfide) groups is 1. The molecule has 1 aromatic heterocycles. The summed E-state index contributed by atoms with van der Waals surface area (Å²) < 4.78 is 0. The lowest BCUT2D eigenvalue weighted by Gasteiger charge is -2.31. The summed E-state index contributed by atoms with van der Waals surface area (Å²) in [6.07, 6.45) is 2.81. The third-order valence-electron chi connectivity index (χ3n) is 3.63. The lowest BCUT2D eigenvalue weighted by molar-refractivity contribution is -0.124. The highest BCUT2D eigenvalue weighted by molar-refractivity contribution is 8.00. The van der Waals surface area contributed by atoms with Crippen molar-refractivity contribution in [1.82, 2.24) is 15.2 Å². The molecule has 2 amide bonds. The van der Waals surface area contributed by atoms with E-state index in [9.17, 15) is 9.59 Å². The fourth-order valence-corrected chi connectivity index (χ4v) is 3.63. The molecule has 0 radical (unpaired) electrons. The molecule has 1 N–H and O–H groups in total. The molecular weight excluding hydrogens is 312 g/mol. The van der Waals surface area contributed by atoms with Crippen molar-refractivity contribution in [2.75, 3.05) is 38.6 Å². The summed E-state index contributed by atoms with van der Waals surface area (Å²) in [5, 5.41) is 3.31. The van der Waals surface area contributed by atoms with E-state index in [1.54, 1.807) is 11.1 Å². The van der Waals surface area contributed by atoms with Gasteiger partial charge in [0.2, 0.25) is 11.8 Å². The predicted octanol–water partition coefficient (Wildman–Crippen LogP) is 1.37. The quantitative estimate of drug-likeness (QED) is 0.762. The summed E-state index contributed by atoms with van der Waals surface area (Å²) in [4.78, 5) is 32.8. The molecular formula is C16H24N4O2S. The molecule has 0 aliphatic carbocycles. The van der Waals surface area contributed by atoms with Crippen molar-refractivity contribution in [3.05, 3.63) is 18.3 Å². The first-order chi connectivity index (χ1) is 11.0. The highest BCUT2D eigenvalue weighted by atomic mass is 32.2. The van der Waals surface area contributed by atoms with Gasteiger partial charge in [-0.05, 0) is 46.1 Å². The molecule has 23 heavy (non-hydrogen) atoms. The van der Waals surface area contributed by atoms with Gasteiger partial charge in [0.05, 0.1) is 10.9 Å². The number of carbonyl (C=O) groups is 2. The maximum atomic E-state index is 12.6. The van der Waals surface area contributed by atoms with Crippen molar-refractivity contribution in [2.24, 2.45) is 0 Å². The smallest absolute Gasteiger partial charge is 0.241 e. The Morgan fingerprint density at radius 1 is 1.48 bits per heavy atom. The van der Waals surface area contributed by atoms with E-state index in [0.29, 0.717) is 13.1 Å². The molecule has 1 unspecified atom stereocenters. The number of rotatable bonds is 7. The van der Waals surface area contributed by atoms with Gasteiger partial charge in [-0.25, -0.2) is 4.98 Å². The molecule has 2 rings (SSSR count). The fraction of sp³-hybridized carbons (Fsp3) is 0.562. The van der Waals surface area contributed by atoms with Gasteiger partial charge in [0.25, 0.3) is 0 Å². The first kappa shape index (κ1) is 17.7. The van der Waals surface area contributed by atoms with E-state index in [2.05, 4.69) is 15.2 Å². The van der Waals surface area contributed by atoms with Crippen molar-refractivity contribution in [1.29, 1.82) is 0 Å². The van der Waals surface area contributed by atoms with Crippen molar-refractivity contribution >= 4 is 29.3 Å². The Bertz CT molecular complexity index is 565. The monoisotopic (exact) mass is 336 g/mol. The molecule has 0 spiro atoms. The van der Waals surface area contributed by atoms with E-state index < -0.39 is 5.25 Å². The van der Waals surface area contributed by atoms with Crippen LogP contribution >= 0.6 is 11.8 Å². The summed E-state index contributed by atoms with van der Waals surface area (Å²) in [5.74, 6) is -0.0912. The van der Waals surface area contributed by atoms with Gasteiger partial charge in [0.1, 0.15) is 5.03 Å². The number of hydrogen-bond donors (Lipinski definition) is 1. The van der Waals surface area contributed by atoms with Crippen LogP contribution in [-0.2, 0) is 9.59 Å². The maximum absolute atomic E-state index is 12.6. The molecule has 1 aliphatic heterocycles. The van der Waals surface area contributed by atoms with Gasteiger partial charge < -0.3 is 15.1 Å². The number of nitrogens with zero attached hydrogens (tertiary/aromatic N) is 3. The summed E-state index contributed by atoms with van der Waals surface area (Å²) in [6.45, 7) is 4.08. The van der Waals surface area contributed by atoms with E-state index in [-0.39, 0.29) is 18.2 Å². The molecule has 0 bridgehead atoms. The van der Waals surface area contributed by atoms with Crippen LogP contribution in [0.2, 0.25) is 0 Å². The van der Waals surface area contributed by atoms with Gasteiger partial charge in [-0.2, -0.15) is 0 Å². The van der Waals surface area contributed by atoms with Crippen LogP contribution in [-0.4, -0.2) is 60.7 Å². The van der Waals surface area contributed by atoms with Gasteiger partial charge in [0, 0.05) is 25.7 Å². The van der Waals surface area contributed by atoms with E-state index in [4.69, 9.17) is 0 Å². The molecule has 0 saturated heterocycles. The van der Waals surface area contributed by atoms with Crippen molar-refractivity contribution in [3.8, 4) is 0 Å². The standard InChI is InChI=1S/C16H24N4O2S/c1-4-20-12-7-5-8-18-15(12)23-13(16(20)22)11-14(21)17-9-6-10-19(2)3/h5,7-8,13H,4,6,9-11H2,1-3H3,(H,17,21). The van der Waals surface area contributed by atoms with E-state index in [0.717, 1.165) is 23.7 Å². The second-order valence-electron chi connectivity index (χ2n) is 5.73. The Hall–Kier alpha value is -1.60. The largest absolute Gasteiger partial charge is 0.356 e. The zero-order chi connectivity index (χ0) is 16.8. The first-order valence-corrected chi connectivity index (χ1v) is 8.75. The third kappa shape index (κ3) is 4.68. The summed E-state index contributed by atoms with van der Waals surface area (Å²) >= 11 is 1.39. The second kappa shape index (κ2) is 8.31. The van der Waals surface area contributed by atoms with Gasteiger partial charge in [-0.3, -0.25) is 9.59 Å². The number of anilines is 1. The molecule has 2 heterocycles. The average Bonchev–Trinajstić information content (AvgIpc) is 2.52. The van der Waals surface area contributed by atoms with Crippen LogP contribution in [0.25, 0.3) is 0 Å². The number of aromatic nitrogens is 1. The fourth-order valence-electron chi connectivity index (χ4n) is 2.48. The summed E-state index contributed by atoms with van der Waals surface area (Å²) in [7, 11) is 4.01. The zero-order valence-electron chi connectivity index (χ0n) is 13.9. The second-order valence-corrected chi connectivity index (χ2v) is 6.92. The molecule has 1 atom stereocenters. The van der Waals surface area contributed by atoms with Crippen LogP contribution < -0.4 is 10.2 Å². The third-order valence-corrected chi connectivity index (χ3v) is 4.82. The Balaban J connectivity index is 1.93. The topological polar surface area (TPSA) is 65.5 Å². The van der Waals surface area contributed by atoms with Crippen LogP contribution in [0.3, 0.4) is 0 Å². The van der Waals surface area contributed by atoms with Gasteiger partial charge in [-0.15, -0.1) is 0 Å². The summed E-state index contributed by atoms with van der Waals surface area (Å²) in [6, 6.07) is 3.72. The number of hydrogen-bond acceptors (Lipinski definition) is 5. The lowest BCUT2D eigenvalue weighted by atomic mass is 10.2. The Labute approximate surface area is 141 Å².